The Kier molecular flexibility index (Phi) is 5.93. The van der Waals surface area contributed by atoms with Gasteiger partial charge < -0.3 is 16.2 Å². The van der Waals surface area contributed by atoms with Crippen LogP contribution < -0.4 is 11.1 Å². The second-order valence-electron chi connectivity index (χ2n) is 7.88. The van der Waals surface area contributed by atoms with Gasteiger partial charge in [-0.1, -0.05) is 31.4 Å². The van der Waals surface area contributed by atoms with Gasteiger partial charge >= 0.3 is 0 Å². The first-order valence-electron chi connectivity index (χ1n) is 10.4. The van der Waals surface area contributed by atoms with E-state index < -0.39 is 0 Å². The number of nitrogens with two attached hydrogens (primary N) is 1. The van der Waals surface area contributed by atoms with Gasteiger partial charge in [0.1, 0.15) is 11.4 Å². The standard InChI is InChI=1S/C24H26N4O2/c25-19-10-6-17(7-11-19)21-15-26-24(23(27-21)18-8-12-20(29)13-9-18)28-22(30)14-16-4-2-1-3-5-16/h6-13,15-16,29H,1-5,14,25H2,(H,26,28,30). The zero-order valence-electron chi connectivity index (χ0n) is 16.8. The van der Waals surface area contributed by atoms with Crippen molar-refractivity contribution in [2.75, 3.05) is 11.1 Å². The second-order valence-corrected chi connectivity index (χ2v) is 7.88. The van der Waals surface area contributed by atoms with E-state index in [1.165, 1.54) is 19.3 Å². The molecule has 0 aliphatic heterocycles. The highest BCUT2D eigenvalue weighted by Crippen LogP contribution is 2.30. The molecule has 1 amide bonds. The monoisotopic (exact) mass is 402 g/mol. The predicted octanol–water partition coefficient (Wildman–Crippen LogP) is 5.01. The van der Waals surface area contributed by atoms with E-state index >= 15 is 0 Å². The lowest BCUT2D eigenvalue weighted by Crippen LogP contribution is -2.19. The summed E-state index contributed by atoms with van der Waals surface area (Å²) in [4.78, 5) is 22.0. The Morgan fingerprint density at radius 3 is 2.37 bits per heavy atom. The van der Waals surface area contributed by atoms with E-state index in [9.17, 15) is 9.90 Å². The molecule has 1 fully saturated rings. The summed E-state index contributed by atoms with van der Waals surface area (Å²) in [6.07, 6.45) is 8.06. The van der Waals surface area contributed by atoms with Crippen LogP contribution in [-0.2, 0) is 4.79 Å². The minimum absolute atomic E-state index is 0.0311. The Labute approximate surface area is 176 Å². The molecule has 0 unspecified atom stereocenters. The lowest BCUT2D eigenvalue weighted by molar-refractivity contribution is -0.117. The fourth-order valence-electron chi connectivity index (χ4n) is 3.93. The molecule has 0 spiro atoms. The molecule has 1 aromatic heterocycles. The van der Waals surface area contributed by atoms with Crippen LogP contribution in [0.5, 0.6) is 5.75 Å². The number of carbonyl (C=O) groups excluding carboxylic acids is 1. The van der Waals surface area contributed by atoms with Crippen LogP contribution in [0.25, 0.3) is 22.5 Å². The summed E-state index contributed by atoms with van der Waals surface area (Å²) in [5.41, 5.74) is 9.38. The van der Waals surface area contributed by atoms with Crippen LogP contribution in [-0.4, -0.2) is 21.0 Å². The number of carbonyl (C=O) groups is 1. The first-order valence-corrected chi connectivity index (χ1v) is 10.4. The topological polar surface area (TPSA) is 101 Å². The van der Waals surface area contributed by atoms with Crippen molar-refractivity contribution in [2.24, 2.45) is 5.92 Å². The summed E-state index contributed by atoms with van der Waals surface area (Å²) in [6, 6.07) is 14.1. The highest BCUT2D eigenvalue weighted by Gasteiger charge is 2.19. The molecule has 6 nitrogen and oxygen atoms in total. The maximum Gasteiger partial charge on any atom is 0.225 e. The van der Waals surface area contributed by atoms with Crippen molar-refractivity contribution in [1.29, 1.82) is 0 Å². The van der Waals surface area contributed by atoms with Crippen molar-refractivity contribution in [3.05, 3.63) is 54.7 Å². The summed E-state index contributed by atoms with van der Waals surface area (Å²) in [6.45, 7) is 0. The Morgan fingerprint density at radius 2 is 1.67 bits per heavy atom. The van der Waals surface area contributed by atoms with Crippen LogP contribution in [0.15, 0.2) is 54.7 Å². The number of benzene rings is 2. The maximum absolute atomic E-state index is 12.7. The number of hydrogen-bond donors (Lipinski definition) is 3. The van der Waals surface area contributed by atoms with E-state index in [1.807, 2.05) is 24.3 Å². The number of rotatable bonds is 5. The van der Waals surface area contributed by atoms with E-state index in [4.69, 9.17) is 10.7 Å². The van der Waals surface area contributed by atoms with E-state index in [1.54, 1.807) is 30.5 Å². The molecule has 0 atom stereocenters. The highest BCUT2D eigenvalue weighted by atomic mass is 16.3. The summed E-state index contributed by atoms with van der Waals surface area (Å²) in [7, 11) is 0. The molecule has 4 rings (SSSR count). The molecule has 1 heterocycles. The van der Waals surface area contributed by atoms with E-state index in [0.29, 0.717) is 35.2 Å². The van der Waals surface area contributed by atoms with Crippen LogP contribution in [0.3, 0.4) is 0 Å². The molecule has 1 aliphatic rings. The number of amides is 1. The minimum Gasteiger partial charge on any atom is -0.508 e. The summed E-state index contributed by atoms with van der Waals surface area (Å²) in [5.74, 6) is 1.01. The zero-order chi connectivity index (χ0) is 20.9. The van der Waals surface area contributed by atoms with Crippen LogP contribution >= 0.6 is 0 Å². The molecule has 0 saturated heterocycles. The third-order valence-corrected chi connectivity index (χ3v) is 5.58. The average Bonchev–Trinajstić information content (AvgIpc) is 2.76. The first-order chi connectivity index (χ1) is 14.6. The van der Waals surface area contributed by atoms with Gasteiger partial charge in [-0.3, -0.25) is 4.79 Å². The number of phenols is 1. The summed E-state index contributed by atoms with van der Waals surface area (Å²) in [5, 5.41) is 12.6. The quantitative estimate of drug-likeness (QED) is 0.521. The number of nitrogen functional groups attached to an aromatic ring is 1. The molecular weight excluding hydrogens is 376 g/mol. The van der Waals surface area contributed by atoms with Gasteiger partial charge in [0.15, 0.2) is 5.82 Å². The van der Waals surface area contributed by atoms with Gasteiger partial charge in [0.2, 0.25) is 5.91 Å². The van der Waals surface area contributed by atoms with E-state index in [-0.39, 0.29) is 11.7 Å². The van der Waals surface area contributed by atoms with Gasteiger partial charge in [-0.25, -0.2) is 9.97 Å². The fraction of sp³-hybridized carbons (Fsp3) is 0.292. The van der Waals surface area contributed by atoms with Crippen molar-refractivity contribution in [3.63, 3.8) is 0 Å². The molecule has 154 valence electrons. The van der Waals surface area contributed by atoms with E-state index in [2.05, 4.69) is 10.3 Å². The molecule has 2 aromatic carbocycles. The number of aromatic nitrogens is 2. The van der Waals surface area contributed by atoms with Crippen molar-refractivity contribution < 1.29 is 9.90 Å². The predicted molar refractivity (Wildman–Crippen MR) is 119 cm³/mol. The van der Waals surface area contributed by atoms with Crippen molar-refractivity contribution >= 4 is 17.4 Å². The van der Waals surface area contributed by atoms with Gasteiger partial charge in [-0.2, -0.15) is 0 Å². The lowest BCUT2D eigenvalue weighted by atomic mass is 9.87. The van der Waals surface area contributed by atoms with Crippen LogP contribution in [0.2, 0.25) is 0 Å². The van der Waals surface area contributed by atoms with Crippen molar-refractivity contribution in [3.8, 4) is 28.3 Å². The van der Waals surface area contributed by atoms with Crippen LogP contribution in [0.4, 0.5) is 11.5 Å². The Bertz CT molecular complexity index is 1010. The largest absolute Gasteiger partial charge is 0.508 e. The van der Waals surface area contributed by atoms with Crippen LogP contribution in [0.1, 0.15) is 38.5 Å². The van der Waals surface area contributed by atoms with Gasteiger partial charge in [-0.05, 0) is 55.2 Å². The van der Waals surface area contributed by atoms with Gasteiger partial charge in [-0.15, -0.1) is 0 Å². The molecule has 1 aliphatic carbocycles. The first kappa shape index (κ1) is 19.9. The van der Waals surface area contributed by atoms with Crippen molar-refractivity contribution in [2.45, 2.75) is 38.5 Å². The second kappa shape index (κ2) is 8.95. The molecule has 0 radical (unpaired) electrons. The zero-order valence-corrected chi connectivity index (χ0v) is 16.8. The molecule has 30 heavy (non-hydrogen) atoms. The number of aromatic hydroxyl groups is 1. The summed E-state index contributed by atoms with van der Waals surface area (Å²) >= 11 is 0. The third kappa shape index (κ3) is 4.76. The van der Waals surface area contributed by atoms with Gasteiger partial charge in [0, 0.05) is 23.2 Å². The van der Waals surface area contributed by atoms with Crippen LogP contribution in [0, 0.1) is 5.92 Å². The maximum atomic E-state index is 12.7. The molecule has 3 aromatic rings. The lowest BCUT2D eigenvalue weighted by Gasteiger charge is -2.21. The number of hydrogen-bond acceptors (Lipinski definition) is 5. The molecule has 6 heteroatoms. The number of phenolic OH excluding ortho intramolecular Hbond substituents is 1. The SMILES string of the molecule is Nc1ccc(-c2cnc(NC(=O)CC3CCCCC3)c(-c3ccc(O)cc3)n2)cc1. The van der Waals surface area contributed by atoms with Gasteiger partial charge in [0.05, 0.1) is 11.9 Å². The fourth-order valence-corrected chi connectivity index (χ4v) is 3.93. The molecule has 0 bridgehead atoms. The Hall–Kier alpha value is -3.41. The highest BCUT2D eigenvalue weighted by molar-refractivity contribution is 5.93. The Balaban J connectivity index is 1.63. The molecule has 4 N–H and O–H groups in total. The smallest absolute Gasteiger partial charge is 0.225 e. The number of nitrogens with one attached hydrogen (secondary N) is 1. The number of nitrogens with zero attached hydrogens (tertiary/aromatic N) is 2. The Morgan fingerprint density at radius 1 is 1.00 bits per heavy atom. The summed E-state index contributed by atoms with van der Waals surface area (Å²) < 4.78 is 0. The third-order valence-electron chi connectivity index (χ3n) is 5.58. The normalized spacial score (nSPS) is 14.4. The molecule has 1 saturated carbocycles. The molecular formula is C24H26N4O2. The van der Waals surface area contributed by atoms with Crippen molar-refractivity contribution in [1.82, 2.24) is 9.97 Å². The average molecular weight is 402 g/mol. The van der Waals surface area contributed by atoms with Gasteiger partial charge in [0.25, 0.3) is 0 Å². The van der Waals surface area contributed by atoms with E-state index in [0.717, 1.165) is 24.0 Å². The minimum atomic E-state index is -0.0311. The number of anilines is 2.